The quantitative estimate of drug-likeness (QED) is 0.608. The fraction of sp³-hybridized carbons (Fsp3) is 0.176. The minimum atomic E-state index is 0.939. The zero-order valence-corrected chi connectivity index (χ0v) is 11.0. The molecule has 0 bridgehead atoms. The molecule has 0 fully saturated rings. The van der Waals surface area contributed by atoms with E-state index in [0.717, 1.165) is 6.54 Å². The first-order valence-electron chi connectivity index (χ1n) is 6.51. The summed E-state index contributed by atoms with van der Waals surface area (Å²) in [7, 11) is 0. The van der Waals surface area contributed by atoms with Crippen molar-refractivity contribution < 1.29 is 0 Å². The molecule has 0 unspecified atom stereocenters. The van der Waals surface area contributed by atoms with Crippen molar-refractivity contribution in [1.82, 2.24) is 4.57 Å². The van der Waals surface area contributed by atoms with Gasteiger partial charge < -0.3 is 4.57 Å². The maximum atomic E-state index is 2.28. The Labute approximate surface area is 109 Å². The summed E-state index contributed by atoms with van der Waals surface area (Å²) in [6.45, 7) is 4.94. The van der Waals surface area contributed by atoms with Crippen LogP contribution >= 0.6 is 0 Å². The Bertz CT molecular complexity index is 593. The van der Waals surface area contributed by atoms with Gasteiger partial charge in [0.25, 0.3) is 0 Å². The number of nitrogens with zero attached hydrogens (tertiary/aromatic N) is 1. The average Bonchev–Trinajstić information content (AvgIpc) is 2.86. The summed E-state index contributed by atoms with van der Waals surface area (Å²) >= 11 is 0. The van der Waals surface area contributed by atoms with Crippen molar-refractivity contribution in [1.29, 1.82) is 0 Å². The third-order valence-electron chi connectivity index (χ3n) is 2.88. The van der Waals surface area contributed by atoms with Crippen LogP contribution in [0.5, 0.6) is 0 Å². The van der Waals surface area contributed by atoms with Gasteiger partial charge in [-0.05, 0) is 23.1 Å². The van der Waals surface area contributed by atoms with Crippen LogP contribution in [0.1, 0.15) is 19.4 Å². The lowest BCUT2D eigenvalue weighted by atomic mass is 10.2. The Hall–Kier alpha value is -2.02. The van der Waals surface area contributed by atoms with E-state index in [0.29, 0.717) is 0 Å². The van der Waals surface area contributed by atoms with Gasteiger partial charge in [-0.15, -0.1) is 0 Å². The third kappa shape index (κ3) is 2.62. The smallest absolute Gasteiger partial charge is 0.0483 e. The summed E-state index contributed by atoms with van der Waals surface area (Å²) < 4.78 is 2.28. The van der Waals surface area contributed by atoms with E-state index in [1.165, 1.54) is 16.5 Å². The molecule has 0 spiro atoms. The third-order valence-corrected chi connectivity index (χ3v) is 2.88. The van der Waals surface area contributed by atoms with E-state index in [4.69, 9.17) is 0 Å². The SMILES string of the molecule is CC.c1ccc(Cn2ccc3ccccc32)cc1. The van der Waals surface area contributed by atoms with Crippen LogP contribution in [0, 0.1) is 0 Å². The van der Waals surface area contributed by atoms with Crippen LogP contribution < -0.4 is 0 Å². The summed E-state index contributed by atoms with van der Waals surface area (Å²) in [5.74, 6) is 0. The molecule has 0 atom stereocenters. The lowest BCUT2D eigenvalue weighted by Crippen LogP contribution is -1.96. The van der Waals surface area contributed by atoms with Crippen molar-refractivity contribution in [2.45, 2.75) is 20.4 Å². The standard InChI is InChI=1S/C15H13N.C2H6/c1-2-6-13(7-3-1)12-16-11-10-14-8-4-5-9-15(14)16;1-2/h1-11H,12H2;1-2H3. The van der Waals surface area contributed by atoms with Gasteiger partial charge in [0.05, 0.1) is 0 Å². The number of para-hydroxylation sites is 1. The molecule has 0 aliphatic heterocycles. The van der Waals surface area contributed by atoms with Gasteiger partial charge in [-0.3, -0.25) is 0 Å². The lowest BCUT2D eigenvalue weighted by molar-refractivity contribution is 0.837. The van der Waals surface area contributed by atoms with Crippen molar-refractivity contribution in [3.8, 4) is 0 Å². The number of benzene rings is 2. The van der Waals surface area contributed by atoms with Crippen molar-refractivity contribution >= 4 is 10.9 Å². The predicted octanol–water partition coefficient (Wildman–Crippen LogP) is 4.72. The van der Waals surface area contributed by atoms with E-state index in [2.05, 4.69) is 71.4 Å². The Morgan fingerprint density at radius 3 is 2.22 bits per heavy atom. The molecule has 1 heterocycles. The van der Waals surface area contributed by atoms with Gasteiger partial charge in [-0.2, -0.15) is 0 Å². The van der Waals surface area contributed by atoms with Gasteiger partial charge in [0.1, 0.15) is 0 Å². The Morgan fingerprint density at radius 2 is 1.44 bits per heavy atom. The molecule has 1 heteroatoms. The van der Waals surface area contributed by atoms with E-state index in [-0.39, 0.29) is 0 Å². The summed E-state index contributed by atoms with van der Waals surface area (Å²) in [5.41, 5.74) is 2.63. The molecule has 2 aromatic carbocycles. The molecule has 0 N–H and O–H groups in total. The second kappa shape index (κ2) is 6.06. The van der Waals surface area contributed by atoms with Crippen LogP contribution in [-0.4, -0.2) is 4.57 Å². The summed E-state index contributed by atoms with van der Waals surface area (Å²) in [5, 5.41) is 1.30. The van der Waals surface area contributed by atoms with Crippen molar-refractivity contribution in [3.63, 3.8) is 0 Å². The maximum absolute atomic E-state index is 2.28. The Kier molecular flexibility index (Phi) is 4.19. The van der Waals surface area contributed by atoms with Gasteiger partial charge in [-0.25, -0.2) is 0 Å². The molecule has 0 saturated heterocycles. The first-order valence-corrected chi connectivity index (χ1v) is 6.51. The number of hydrogen-bond acceptors (Lipinski definition) is 0. The highest BCUT2D eigenvalue weighted by molar-refractivity contribution is 5.79. The van der Waals surface area contributed by atoms with E-state index in [9.17, 15) is 0 Å². The largest absolute Gasteiger partial charge is 0.343 e. The fourth-order valence-electron chi connectivity index (χ4n) is 2.06. The molecule has 0 aliphatic carbocycles. The summed E-state index contributed by atoms with van der Waals surface area (Å²) in [6, 6.07) is 21.2. The molecule has 0 amide bonds. The molecule has 0 saturated carbocycles. The summed E-state index contributed by atoms with van der Waals surface area (Å²) in [6.07, 6.45) is 2.15. The van der Waals surface area contributed by atoms with Crippen LogP contribution in [0.3, 0.4) is 0 Å². The minimum absolute atomic E-state index is 0.939. The van der Waals surface area contributed by atoms with Crippen molar-refractivity contribution in [2.24, 2.45) is 0 Å². The molecular weight excluding hydrogens is 218 g/mol. The zero-order valence-electron chi connectivity index (χ0n) is 11.0. The zero-order chi connectivity index (χ0) is 12.8. The van der Waals surface area contributed by atoms with E-state index in [1.807, 2.05) is 13.8 Å². The second-order valence-corrected chi connectivity index (χ2v) is 3.99. The second-order valence-electron chi connectivity index (χ2n) is 3.99. The maximum Gasteiger partial charge on any atom is 0.0483 e. The fourth-order valence-corrected chi connectivity index (χ4v) is 2.06. The molecule has 1 aromatic heterocycles. The highest BCUT2D eigenvalue weighted by atomic mass is 14.9. The molecule has 3 aromatic rings. The topological polar surface area (TPSA) is 4.93 Å². The highest BCUT2D eigenvalue weighted by Crippen LogP contribution is 2.16. The van der Waals surface area contributed by atoms with E-state index < -0.39 is 0 Å². The number of rotatable bonds is 2. The van der Waals surface area contributed by atoms with Crippen LogP contribution in [0.4, 0.5) is 0 Å². The van der Waals surface area contributed by atoms with Crippen LogP contribution in [0.25, 0.3) is 10.9 Å². The first kappa shape index (κ1) is 12.4. The van der Waals surface area contributed by atoms with E-state index >= 15 is 0 Å². The van der Waals surface area contributed by atoms with Gasteiger partial charge >= 0.3 is 0 Å². The monoisotopic (exact) mass is 237 g/mol. The van der Waals surface area contributed by atoms with Crippen LogP contribution in [0.2, 0.25) is 0 Å². The molecule has 18 heavy (non-hydrogen) atoms. The summed E-state index contributed by atoms with van der Waals surface area (Å²) in [4.78, 5) is 0. The molecule has 0 aliphatic rings. The van der Waals surface area contributed by atoms with Gasteiger partial charge in [0, 0.05) is 18.3 Å². The van der Waals surface area contributed by atoms with Crippen LogP contribution in [0.15, 0.2) is 66.9 Å². The Morgan fingerprint density at radius 1 is 0.778 bits per heavy atom. The van der Waals surface area contributed by atoms with Crippen LogP contribution in [-0.2, 0) is 6.54 Å². The molecule has 3 rings (SSSR count). The van der Waals surface area contributed by atoms with Gasteiger partial charge in [-0.1, -0.05) is 62.4 Å². The highest BCUT2D eigenvalue weighted by Gasteiger charge is 1.99. The lowest BCUT2D eigenvalue weighted by Gasteiger charge is -2.05. The minimum Gasteiger partial charge on any atom is -0.343 e. The number of fused-ring (bicyclic) bond motifs is 1. The van der Waals surface area contributed by atoms with Crippen molar-refractivity contribution in [3.05, 3.63) is 72.4 Å². The molecule has 1 nitrogen and oxygen atoms in total. The Balaban J connectivity index is 0.000000574. The van der Waals surface area contributed by atoms with Gasteiger partial charge in [0.15, 0.2) is 0 Å². The van der Waals surface area contributed by atoms with Gasteiger partial charge in [0.2, 0.25) is 0 Å². The average molecular weight is 237 g/mol. The number of hydrogen-bond donors (Lipinski definition) is 0. The normalized spacial score (nSPS) is 9.89. The molecular formula is C17H19N. The first-order chi connectivity index (χ1) is 8.93. The predicted molar refractivity (Wildman–Crippen MR) is 78.8 cm³/mol. The van der Waals surface area contributed by atoms with Crippen molar-refractivity contribution in [2.75, 3.05) is 0 Å². The molecule has 92 valence electrons. The van der Waals surface area contributed by atoms with E-state index in [1.54, 1.807) is 0 Å². The molecule has 0 radical (unpaired) electrons. The number of aromatic nitrogens is 1.